The molecule has 1 aromatic heterocycles. The van der Waals surface area contributed by atoms with Crippen molar-refractivity contribution in [2.45, 2.75) is 6.61 Å². The fourth-order valence-electron chi connectivity index (χ4n) is 0.864. The van der Waals surface area contributed by atoms with E-state index in [0.717, 1.165) is 0 Å². The van der Waals surface area contributed by atoms with E-state index < -0.39 is 5.97 Å². The Balaban J connectivity index is 2.85. The Bertz CT molecular complexity index is 301. The number of rotatable bonds is 3. The summed E-state index contributed by atoms with van der Waals surface area (Å²) >= 11 is 0. The first-order chi connectivity index (χ1) is 6.27. The van der Waals surface area contributed by atoms with Gasteiger partial charge >= 0.3 is 5.97 Å². The van der Waals surface area contributed by atoms with Gasteiger partial charge in [-0.3, -0.25) is 4.84 Å². The van der Waals surface area contributed by atoms with Crippen molar-refractivity contribution in [1.82, 2.24) is 4.98 Å². The minimum absolute atomic E-state index is 0.171. The summed E-state index contributed by atoms with van der Waals surface area (Å²) in [6.07, 6.45) is 0. The normalized spacial score (nSPS) is 9.69. The minimum Gasteiger partial charge on any atom is -0.464 e. The van der Waals surface area contributed by atoms with Gasteiger partial charge in [-0.1, -0.05) is 6.07 Å². The lowest BCUT2D eigenvalue weighted by molar-refractivity contribution is 0.0592. The topological polar surface area (TPSA) is 74.4 Å². The van der Waals surface area contributed by atoms with E-state index in [0.29, 0.717) is 5.69 Å². The van der Waals surface area contributed by atoms with Crippen molar-refractivity contribution in [2.24, 2.45) is 5.90 Å². The van der Waals surface area contributed by atoms with Crippen LogP contribution in [0.3, 0.4) is 0 Å². The van der Waals surface area contributed by atoms with E-state index in [1.165, 1.54) is 7.11 Å². The molecule has 0 aliphatic heterocycles. The number of nitrogens with two attached hydrogens (primary N) is 1. The molecule has 0 atom stereocenters. The molecule has 2 N–H and O–H groups in total. The van der Waals surface area contributed by atoms with Crippen LogP contribution in [0.2, 0.25) is 0 Å². The molecule has 0 saturated carbocycles. The summed E-state index contributed by atoms with van der Waals surface area (Å²) in [5.74, 6) is 4.39. The lowest BCUT2D eigenvalue weighted by Crippen LogP contribution is -2.07. The molecule has 0 spiro atoms. The second kappa shape index (κ2) is 4.54. The van der Waals surface area contributed by atoms with Crippen molar-refractivity contribution >= 4 is 5.97 Å². The Morgan fingerprint density at radius 3 is 3.00 bits per heavy atom. The smallest absolute Gasteiger partial charge is 0.356 e. The first-order valence-corrected chi connectivity index (χ1v) is 3.64. The number of methoxy groups -OCH3 is 1. The van der Waals surface area contributed by atoms with Gasteiger partial charge < -0.3 is 4.74 Å². The van der Waals surface area contributed by atoms with Crippen LogP contribution in [0, 0.1) is 0 Å². The van der Waals surface area contributed by atoms with Gasteiger partial charge in [0.2, 0.25) is 0 Å². The Hall–Kier alpha value is -1.46. The van der Waals surface area contributed by atoms with Crippen LogP contribution in [-0.2, 0) is 16.2 Å². The van der Waals surface area contributed by atoms with Gasteiger partial charge in [0.05, 0.1) is 12.8 Å². The lowest BCUT2D eigenvalue weighted by atomic mass is 10.3. The van der Waals surface area contributed by atoms with E-state index >= 15 is 0 Å². The summed E-state index contributed by atoms with van der Waals surface area (Å²) < 4.78 is 4.50. The summed E-state index contributed by atoms with van der Waals surface area (Å²) in [4.78, 5) is 19.3. The zero-order valence-electron chi connectivity index (χ0n) is 7.19. The molecule has 0 aliphatic rings. The van der Waals surface area contributed by atoms with E-state index in [1.807, 2.05) is 0 Å². The number of carbonyl (C=O) groups excluding carboxylic acids is 1. The summed E-state index contributed by atoms with van der Waals surface area (Å²) in [5.41, 5.74) is 0.836. The molecule has 0 aliphatic carbocycles. The van der Waals surface area contributed by atoms with E-state index in [-0.39, 0.29) is 12.3 Å². The Morgan fingerprint density at radius 1 is 1.62 bits per heavy atom. The van der Waals surface area contributed by atoms with Gasteiger partial charge in [0.1, 0.15) is 12.3 Å². The Kier molecular flexibility index (Phi) is 3.36. The van der Waals surface area contributed by atoms with E-state index in [1.54, 1.807) is 18.2 Å². The fraction of sp³-hybridized carbons (Fsp3) is 0.250. The van der Waals surface area contributed by atoms with Crippen LogP contribution >= 0.6 is 0 Å². The van der Waals surface area contributed by atoms with Crippen molar-refractivity contribution in [3.63, 3.8) is 0 Å². The molecule has 5 nitrogen and oxygen atoms in total. The van der Waals surface area contributed by atoms with Crippen LogP contribution in [0.4, 0.5) is 0 Å². The van der Waals surface area contributed by atoms with Gasteiger partial charge in [-0.25, -0.2) is 15.7 Å². The standard InChI is InChI=1S/C8H10N2O3/c1-12-8(11)7-4-2-3-6(10-7)5-13-9/h2-4H,5,9H2,1H3. The van der Waals surface area contributed by atoms with Crippen molar-refractivity contribution in [2.75, 3.05) is 7.11 Å². The minimum atomic E-state index is -0.473. The average Bonchev–Trinajstić information content (AvgIpc) is 2.18. The number of carbonyl (C=O) groups is 1. The molecule has 0 amide bonds. The molecule has 0 aromatic carbocycles. The number of nitrogens with zero attached hydrogens (tertiary/aromatic N) is 1. The van der Waals surface area contributed by atoms with Crippen LogP contribution < -0.4 is 5.90 Å². The highest BCUT2D eigenvalue weighted by Crippen LogP contribution is 2.01. The maximum Gasteiger partial charge on any atom is 0.356 e. The third kappa shape index (κ3) is 2.50. The summed E-state index contributed by atoms with van der Waals surface area (Å²) in [7, 11) is 1.30. The van der Waals surface area contributed by atoms with Crippen LogP contribution in [0.15, 0.2) is 18.2 Å². The molecule has 0 unspecified atom stereocenters. The molecular formula is C8H10N2O3. The number of aromatic nitrogens is 1. The highest BCUT2D eigenvalue weighted by atomic mass is 16.6. The van der Waals surface area contributed by atoms with E-state index in [2.05, 4.69) is 14.6 Å². The number of ether oxygens (including phenoxy) is 1. The molecule has 1 rings (SSSR count). The molecular weight excluding hydrogens is 172 g/mol. The first-order valence-electron chi connectivity index (χ1n) is 3.64. The van der Waals surface area contributed by atoms with Gasteiger partial charge in [0.15, 0.2) is 0 Å². The highest BCUT2D eigenvalue weighted by molar-refractivity contribution is 5.87. The zero-order valence-corrected chi connectivity index (χ0v) is 7.19. The average molecular weight is 182 g/mol. The Labute approximate surface area is 75.4 Å². The predicted octanol–water partition coefficient (Wildman–Crippen LogP) is 0.259. The SMILES string of the molecule is COC(=O)c1cccc(CON)n1. The largest absolute Gasteiger partial charge is 0.464 e. The number of esters is 1. The van der Waals surface area contributed by atoms with E-state index in [4.69, 9.17) is 5.90 Å². The van der Waals surface area contributed by atoms with Crippen LogP contribution in [0.5, 0.6) is 0 Å². The molecule has 0 saturated heterocycles. The van der Waals surface area contributed by atoms with Crippen molar-refractivity contribution in [3.05, 3.63) is 29.6 Å². The molecule has 0 fully saturated rings. The zero-order chi connectivity index (χ0) is 9.68. The van der Waals surface area contributed by atoms with Crippen molar-refractivity contribution in [1.29, 1.82) is 0 Å². The summed E-state index contributed by atoms with van der Waals surface area (Å²) in [6, 6.07) is 4.96. The molecule has 1 heterocycles. The molecule has 0 bridgehead atoms. The third-order valence-corrected chi connectivity index (χ3v) is 1.43. The van der Waals surface area contributed by atoms with Crippen LogP contribution in [0.1, 0.15) is 16.2 Å². The van der Waals surface area contributed by atoms with Gasteiger partial charge in [-0.15, -0.1) is 0 Å². The summed E-state index contributed by atoms with van der Waals surface area (Å²) in [5, 5.41) is 0. The first kappa shape index (κ1) is 9.63. The van der Waals surface area contributed by atoms with Gasteiger partial charge in [0.25, 0.3) is 0 Å². The van der Waals surface area contributed by atoms with Crippen LogP contribution in [-0.4, -0.2) is 18.1 Å². The number of hydrogen-bond acceptors (Lipinski definition) is 5. The summed E-state index contributed by atoms with van der Waals surface area (Å²) in [6.45, 7) is 0.171. The van der Waals surface area contributed by atoms with Crippen molar-refractivity contribution < 1.29 is 14.4 Å². The second-order valence-corrected chi connectivity index (χ2v) is 2.32. The molecule has 5 heteroatoms. The fourth-order valence-corrected chi connectivity index (χ4v) is 0.864. The molecule has 0 radical (unpaired) electrons. The predicted molar refractivity (Wildman–Crippen MR) is 44.6 cm³/mol. The molecule has 70 valence electrons. The van der Waals surface area contributed by atoms with E-state index in [9.17, 15) is 4.79 Å². The van der Waals surface area contributed by atoms with Gasteiger partial charge in [0, 0.05) is 0 Å². The van der Waals surface area contributed by atoms with Gasteiger partial charge in [-0.2, -0.15) is 0 Å². The van der Waals surface area contributed by atoms with Gasteiger partial charge in [-0.05, 0) is 12.1 Å². The maximum absolute atomic E-state index is 11.0. The van der Waals surface area contributed by atoms with Crippen molar-refractivity contribution in [3.8, 4) is 0 Å². The highest BCUT2D eigenvalue weighted by Gasteiger charge is 2.06. The molecule has 1 aromatic rings. The third-order valence-electron chi connectivity index (χ3n) is 1.43. The lowest BCUT2D eigenvalue weighted by Gasteiger charge is -2.00. The second-order valence-electron chi connectivity index (χ2n) is 2.32. The number of pyridine rings is 1. The maximum atomic E-state index is 11.0. The monoisotopic (exact) mass is 182 g/mol. The molecule has 13 heavy (non-hydrogen) atoms. The quantitative estimate of drug-likeness (QED) is 0.536. The Morgan fingerprint density at radius 2 is 2.38 bits per heavy atom. The van der Waals surface area contributed by atoms with Crippen LogP contribution in [0.25, 0.3) is 0 Å². The number of hydrogen-bond donors (Lipinski definition) is 1.